The van der Waals surface area contributed by atoms with Crippen molar-refractivity contribution in [3.63, 3.8) is 0 Å². The van der Waals surface area contributed by atoms with Gasteiger partial charge in [0.25, 0.3) is 0 Å². The van der Waals surface area contributed by atoms with Gasteiger partial charge in [0.15, 0.2) is 17.4 Å². The molecule has 108 valence electrons. The minimum absolute atomic E-state index is 0.0130. The van der Waals surface area contributed by atoms with Crippen LogP contribution in [0.25, 0.3) is 0 Å². The highest BCUT2D eigenvalue weighted by Crippen LogP contribution is 2.32. The Morgan fingerprint density at radius 1 is 1.24 bits per heavy atom. The van der Waals surface area contributed by atoms with Crippen LogP contribution in [0.1, 0.15) is 6.92 Å². The Morgan fingerprint density at radius 3 is 2.52 bits per heavy atom. The smallest absolute Gasteiger partial charge is 0.222 e. The normalized spacial score (nSPS) is 10.7. The summed E-state index contributed by atoms with van der Waals surface area (Å²) in [6.07, 6.45) is 0. The number of anilines is 2. The summed E-state index contributed by atoms with van der Waals surface area (Å²) >= 11 is 0. The average Bonchev–Trinajstić information content (AvgIpc) is 2.42. The van der Waals surface area contributed by atoms with Crippen LogP contribution in [0.4, 0.5) is 23.0 Å². The number of amides is 1. The van der Waals surface area contributed by atoms with Crippen LogP contribution in [-0.2, 0) is 4.79 Å². The van der Waals surface area contributed by atoms with E-state index in [0.29, 0.717) is 5.69 Å². The van der Waals surface area contributed by atoms with Crippen molar-refractivity contribution in [2.45, 2.75) is 6.92 Å². The molecule has 0 unspecified atom stereocenters. The number of aromatic nitrogens is 1. The molecule has 5 N–H and O–H groups in total. The molecule has 0 spiro atoms. The fourth-order valence-corrected chi connectivity index (χ4v) is 1.48. The van der Waals surface area contributed by atoms with Crippen LogP contribution in [0.3, 0.4) is 0 Å². The number of nitrogens with two attached hydrogens (primary N) is 1. The monoisotopic (exact) mass is 287 g/mol. The molecule has 0 saturated heterocycles. The van der Waals surface area contributed by atoms with Crippen molar-refractivity contribution in [3.05, 3.63) is 30.3 Å². The molecule has 0 aliphatic heterocycles. The molecule has 8 heteroatoms. The summed E-state index contributed by atoms with van der Waals surface area (Å²) in [6, 6.07) is 7.31. The first-order valence-electron chi connectivity index (χ1n) is 5.93. The lowest BCUT2D eigenvalue weighted by Crippen LogP contribution is -2.08. The number of phenolic OH excluding ortho intramolecular Hbond substituents is 1. The topological polar surface area (TPSA) is 133 Å². The van der Waals surface area contributed by atoms with Gasteiger partial charge in [-0.05, 0) is 24.3 Å². The number of nitrogens with zero attached hydrogens (tertiary/aromatic N) is 3. The summed E-state index contributed by atoms with van der Waals surface area (Å²) in [5.41, 5.74) is 6.35. The van der Waals surface area contributed by atoms with E-state index in [4.69, 9.17) is 10.8 Å². The molecule has 0 atom stereocenters. The largest absolute Gasteiger partial charge is 0.508 e. The van der Waals surface area contributed by atoms with Crippen molar-refractivity contribution in [2.24, 2.45) is 10.2 Å². The third-order valence-electron chi connectivity index (χ3n) is 2.43. The number of azo groups is 1. The first-order chi connectivity index (χ1) is 9.95. The number of aromatic hydroxyl groups is 2. The third kappa shape index (κ3) is 3.66. The SMILES string of the molecule is CC(=O)Nc1nc(N)c(N=Nc2ccc(O)cc2)cc1O. The number of nitrogen functional groups attached to an aromatic ring is 1. The van der Waals surface area contributed by atoms with Gasteiger partial charge in [0.1, 0.15) is 11.4 Å². The Hall–Kier alpha value is -3.16. The van der Waals surface area contributed by atoms with Crippen molar-refractivity contribution in [3.8, 4) is 11.5 Å². The van der Waals surface area contributed by atoms with Gasteiger partial charge in [0, 0.05) is 13.0 Å². The van der Waals surface area contributed by atoms with Crippen molar-refractivity contribution in [1.82, 2.24) is 4.98 Å². The van der Waals surface area contributed by atoms with Crippen LogP contribution in [0.2, 0.25) is 0 Å². The summed E-state index contributed by atoms with van der Waals surface area (Å²) in [7, 11) is 0. The summed E-state index contributed by atoms with van der Waals surface area (Å²) in [6.45, 7) is 1.29. The van der Waals surface area contributed by atoms with Crippen molar-refractivity contribution in [1.29, 1.82) is 0 Å². The van der Waals surface area contributed by atoms with Gasteiger partial charge in [-0.1, -0.05) is 0 Å². The number of nitrogens with one attached hydrogen (secondary N) is 1. The summed E-state index contributed by atoms with van der Waals surface area (Å²) < 4.78 is 0. The second-order valence-corrected chi connectivity index (χ2v) is 4.16. The minimum atomic E-state index is -0.379. The average molecular weight is 287 g/mol. The highest BCUT2D eigenvalue weighted by Gasteiger charge is 2.10. The summed E-state index contributed by atoms with van der Waals surface area (Å²) in [5.74, 6) is -0.551. The Morgan fingerprint density at radius 2 is 1.90 bits per heavy atom. The van der Waals surface area contributed by atoms with E-state index in [2.05, 4.69) is 20.5 Å². The maximum Gasteiger partial charge on any atom is 0.222 e. The van der Waals surface area contributed by atoms with E-state index in [0.717, 1.165) is 0 Å². The number of benzene rings is 1. The lowest BCUT2D eigenvalue weighted by Gasteiger charge is -2.06. The number of phenols is 1. The number of hydrogen-bond donors (Lipinski definition) is 4. The zero-order valence-corrected chi connectivity index (χ0v) is 11.1. The Kier molecular flexibility index (Phi) is 3.98. The van der Waals surface area contributed by atoms with Crippen molar-refractivity contribution in [2.75, 3.05) is 11.1 Å². The Bertz CT molecular complexity index is 698. The molecule has 0 aliphatic rings. The number of carbonyl (C=O) groups is 1. The molecule has 0 radical (unpaired) electrons. The molecule has 1 heterocycles. The van der Waals surface area contributed by atoms with Gasteiger partial charge in [-0.25, -0.2) is 4.98 Å². The molecule has 1 aromatic carbocycles. The van der Waals surface area contributed by atoms with Gasteiger partial charge in [-0.3, -0.25) is 4.79 Å². The van der Waals surface area contributed by atoms with Crippen LogP contribution in [0.5, 0.6) is 11.5 Å². The van der Waals surface area contributed by atoms with Crippen LogP contribution >= 0.6 is 0 Å². The third-order valence-corrected chi connectivity index (χ3v) is 2.43. The molecular weight excluding hydrogens is 274 g/mol. The maximum atomic E-state index is 10.9. The summed E-state index contributed by atoms with van der Waals surface area (Å²) in [5, 5.41) is 29.0. The molecule has 0 saturated carbocycles. The van der Waals surface area contributed by atoms with Crippen LogP contribution in [0.15, 0.2) is 40.6 Å². The minimum Gasteiger partial charge on any atom is -0.508 e. The number of hydrogen-bond acceptors (Lipinski definition) is 7. The van der Waals surface area contributed by atoms with E-state index in [1.165, 1.54) is 25.1 Å². The van der Waals surface area contributed by atoms with E-state index >= 15 is 0 Å². The molecule has 2 rings (SSSR count). The molecule has 8 nitrogen and oxygen atoms in total. The van der Waals surface area contributed by atoms with E-state index in [9.17, 15) is 9.90 Å². The fraction of sp³-hybridized carbons (Fsp3) is 0.0769. The predicted molar refractivity (Wildman–Crippen MR) is 76.9 cm³/mol. The zero-order chi connectivity index (χ0) is 15.4. The van der Waals surface area contributed by atoms with Gasteiger partial charge in [-0.2, -0.15) is 5.11 Å². The zero-order valence-electron chi connectivity index (χ0n) is 11.1. The van der Waals surface area contributed by atoms with Gasteiger partial charge >= 0.3 is 0 Å². The highest BCUT2D eigenvalue weighted by atomic mass is 16.3. The second kappa shape index (κ2) is 5.87. The van der Waals surface area contributed by atoms with Gasteiger partial charge in [0.2, 0.25) is 5.91 Å². The molecule has 2 aromatic rings. The maximum absolute atomic E-state index is 10.9. The first-order valence-corrected chi connectivity index (χ1v) is 5.93. The van der Waals surface area contributed by atoms with Crippen molar-refractivity contribution < 1.29 is 15.0 Å². The van der Waals surface area contributed by atoms with Crippen LogP contribution < -0.4 is 11.1 Å². The van der Waals surface area contributed by atoms with Crippen molar-refractivity contribution >= 4 is 28.9 Å². The Balaban J connectivity index is 2.26. The standard InChI is InChI=1S/C13H13N5O3/c1-7(19)15-13-11(21)6-10(12(14)16-13)18-17-8-2-4-9(20)5-3-8/h2-6,20-21H,1H3,(H3,14,15,16,19). The van der Waals surface area contributed by atoms with E-state index in [-0.39, 0.29) is 34.7 Å². The quantitative estimate of drug-likeness (QED) is 0.643. The summed E-state index contributed by atoms with van der Waals surface area (Å²) in [4.78, 5) is 14.8. The lowest BCUT2D eigenvalue weighted by atomic mass is 10.3. The van der Waals surface area contributed by atoms with Gasteiger partial charge in [0.05, 0.1) is 5.69 Å². The molecule has 21 heavy (non-hydrogen) atoms. The van der Waals surface area contributed by atoms with E-state index in [1.54, 1.807) is 12.1 Å². The molecule has 0 fully saturated rings. The molecule has 1 amide bonds. The molecule has 0 bridgehead atoms. The molecule has 0 aliphatic carbocycles. The van der Waals surface area contributed by atoms with Crippen LogP contribution in [0, 0.1) is 0 Å². The predicted octanol–water partition coefficient (Wildman–Crippen LogP) is 2.45. The Labute approximate surface area is 120 Å². The fourth-order valence-electron chi connectivity index (χ4n) is 1.48. The molecule has 1 aromatic heterocycles. The van der Waals surface area contributed by atoms with Gasteiger partial charge < -0.3 is 21.3 Å². The number of pyridine rings is 1. The highest BCUT2D eigenvalue weighted by molar-refractivity contribution is 5.89. The van der Waals surface area contributed by atoms with E-state index in [1.807, 2.05) is 0 Å². The van der Waals surface area contributed by atoms with Gasteiger partial charge in [-0.15, -0.1) is 5.11 Å². The number of carbonyl (C=O) groups excluding carboxylic acids is 1. The molecular formula is C13H13N5O3. The lowest BCUT2D eigenvalue weighted by molar-refractivity contribution is -0.114. The number of rotatable bonds is 3. The second-order valence-electron chi connectivity index (χ2n) is 4.16. The van der Waals surface area contributed by atoms with E-state index < -0.39 is 0 Å². The first kappa shape index (κ1) is 14.3. The van der Waals surface area contributed by atoms with Crippen LogP contribution in [-0.4, -0.2) is 21.1 Å².